The summed E-state index contributed by atoms with van der Waals surface area (Å²) in [4.78, 5) is 61.7. The smallest absolute Gasteiger partial charge is 0.822 e. The molecule has 1 rings (SSSR count). The Morgan fingerprint density at radius 1 is 0.920 bits per heavy atom. The van der Waals surface area contributed by atoms with Crippen molar-refractivity contribution in [1.82, 2.24) is 0 Å². The Balaban J connectivity index is -0.0000000882. The van der Waals surface area contributed by atoms with Crippen molar-refractivity contribution in [2.45, 2.75) is 12.5 Å². The molecule has 1 aromatic carbocycles. The number of hydrogen-bond donors (Lipinski definition) is 2. The summed E-state index contributed by atoms with van der Waals surface area (Å²) >= 11 is 0. The fraction of sp³-hybridized carbons (Fsp3) is 0.222. The van der Waals surface area contributed by atoms with Crippen LogP contribution in [-0.4, -0.2) is 17.1 Å². The molecule has 0 aliphatic heterocycles. The van der Waals surface area contributed by atoms with Gasteiger partial charge >= 0.3 is 64.4 Å². The second-order valence-corrected chi connectivity index (χ2v) is 5.32. The minimum Gasteiger partial charge on any atom is -0.822 e. The molecule has 3 N–H and O–H groups in total. The summed E-state index contributed by atoms with van der Waals surface area (Å²) in [5.41, 5.74) is 6.30. The molecule has 0 aromatic heterocycles. The van der Waals surface area contributed by atoms with Gasteiger partial charge in [-0.2, -0.15) is 15.6 Å². The summed E-state index contributed by atoms with van der Waals surface area (Å²) in [6, 6.07) is 8.54. The summed E-state index contributed by atoms with van der Waals surface area (Å²) in [6.07, 6.45) is 0.385. The van der Waals surface area contributed by atoms with E-state index < -0.39 is 27.7 Å². The zero-order chi connectivity index (χ0) is 18.0. The van der Waals surface area contributed by atoms with E-state index in [1.54, 1.807) is 0 Å². The predicted octanol–water partition coefficient (Wildman–Crippen LogP) is -5.02. The molecule has 0 aliphatic rings. The van der Waals surface area contributed by atoms with Crippen LogP contribution in [0.1, 0.15) is 5.56 Å². The summed E-state index contributed by atoms with van der Waals surface area (Å²) in [7, 11) is -10.8. The van der Waals surface area contributed by atoms with E-state index in [-0.39, 0.29) is 58.4 Å². The van der Waals surface area contributed by atoms with Crippen LogP contribution >= 0.6 is 15.6 Å². The van der Waals surface area contributed by atoms with Crippen molar-refractivity contribution in [1.29, 1.82) is 0 Å². The first-order valence-corrected chi connectivity index (χ1v) is 8.10. The third-order valence-corrected chi connectivity index (χ3v) is 1.62. The average molecular weight is 551 g/mol. The number of rotatable bonds is 3. The molecule has 128 valence electrons. The summed E-state index contributed by atoms with van der Waals surface area (Å²) < 4.78 is 17.1. The van der Waals surface area contributed by atoms with Crippen molar-refractivity contribution in [3.05, 3.63) is 35.9 Å². The van der Waals surface area contributed by atoms with Gasteiger partial charge in [-0.25, -0.2) is 0 Å². The second kappa shape index (κ2) is 18.1. The van der Waals surface area contributed by atoms with E-state index >= 15 is 0 Å². The van der Waals surface area contributed by atoms with E-state index in [0.717, 1.165) is 5.56 Å². The van der Waals surface area contributed by atoms with Gasteiger partial charge in [-0.1, -0.05) is 30.3 Å². The second-order valence-electron chi connectivity index (χ2n) is 3.53. The number of carbonyl (C=O) groups is 1. The molecule has 16 heteroatoms. The van der Waals surface area contributed by atoms with E-state index in [9.17, 15) is 4.79 Å². The monoisotopic (exact) mass is 547 g/mol. The van der Waals surface area contributed by atoms with Crippen LogP contribution in [0.15, 0.2) is 30.3 Å². The molecule has 1 unspecified atom stereocenters. The molecule has 11 nitrogen and oxygen atoms in total. The summed E-state index contributed by atoms with van der Waals surface area (Å²) in [6.45, 7) is 0. The van der Waals surface area contributed by atoms with Crippen molar-refractivity contribution in [2.24, 2.45) is 5.73 Å². The van der Waals surface area contributed by atoms with Gasteiger partial charge in [-0.05, 0) is 12.0 Å². The van der Waals surface area contributed by atoms with E-state index in [1.165, 1.54) is 0 Å². The maximum atomic E-state index is 10.4. The topological polar surface area (TPSA) is 236 Å². The third-order valence-electron chi connectivity index (χ3n) is 1.62. The Hall–Kier alpha value is 0.740. The number of phosphoric acid groups is 2. The number of benzene rings is 1. The Bertz CT molecular complexity index is 501. The van der Waals surface area contributed by atoms with Crippen LogP contribution in [0.25, 0.3) is 0 Å². The first-order valence-electron chi connectivity index (χ1n) is 5.18. The molecule has 0 amide bonds. The molecule has 25 heavy (non-hydrogen) atoms. The van der Waals surface area contributed by atoms with Gasteiger partial charge in [0, 0.05) is 0 Å². The quantitative estimate of drug-likeness (QED) is 0.266. The average Bonchev–Trinajstić information content (AvgIpc) is 2.25. The zero-order valence-corrected chi connectivity index (χ0v) is 23.6. The molecule has 0 saturated carbocycles. The van der Waals surface area contributed by atoms with Crippen molar-refractivity contribution in [3.8, 4) is 0 Å². The number of aliphatic carboxylic acids is 1. The van der Waals surface area contributed by atoms with Crippen LogP contribution in [0.5, 0.6) is 0 Å². The molecule has 0 heterocycles. The van der Waals surface area contributed by atoms with E-state index in [4.69, 9.17) is 49.3 Å². The van der Waals surface area contributed by atoms with Gasteiger partial charge < -0.3 is 49.3 Å². The molecule has 1 atom stereocenters. The molecule has 1 aromatic rings. The molecule has 0 fully saturated rings. The number of hydrogen-bond acceptors (Lipinski definition) is 10. The molecule has 0 spiro atoms. The first-order chi connectivity index (χ1) is 9.70. The van der Waals surface area contributed by atoms with Crippen molar-refractivity contribution in [3.63, 3.8) is 0 Å². The zero-order valence-electron chi connectivity index (χ0n) is 12.9. The van der Waals surface area contributed by atoms with Crippen molar-refractivity contribution in [2.75, 3.05) is 0 Å². The largest absolute Gasteiger partial charge is 2.00 e. The van der Waals surface area contributed by atoms with Crippen LogP contribution in [0.4, 0.5) is 0 Å². The maximum Gasteiger partial charge on any atom is 2.00 e. The van der Waals surface area contributed by atoms with Gasteiger partial charge in [0.1, 0.15) is 6.04 Å². The summed E-state index contributed by atoms with van der Waals surface area (Å²) in [5, 5.41) is 8.52. The van der Waals surface area contributed by atoms with E-state index in [2.05, 4.69) is 0 Å². The predicted molar refractivity (Wildman–Crippen MR) is 61.0 cm³/mol. The molecule has 0 saturated heterocycles. The molecule has 0 aliphatic carbocycles. The van der Waals surface area contributed by atoms with Gasteiger partial charge in [-0.3, -0.25) is 4.79 Å². The van der Waals surface area contributed by atoms with Gasteiger partial charge in [0.15, 0.2) is 0 Å². The Morgan fingerprint density at radius 2 is 1.20 bits per heavy atom. The van der Waals surface area contributed by atoms with Crippen LogP contribution < -0.4 is 35.1 Å². The number of carboxylic acid groups (broad SMARTS) is 1. The molecule has 0 radical (unpaired) electrons. The molecule has 0 bridgehead atoms. The van der Waals surface area contributed by atoms with Crippen LogP contribution in [-0.2, 0) is 78.8 Å². The Labute approximate surface area is 181 Å². The summed E-state index contributed by atoms with van der Waals surface area (Å²) in [5.74, 6) is -0.959. The Kier molecular flexibility index (Phi) is 26.5. The molecular formula is C9H11NO10P2Zn3. The van der Waals surface area contributed by atoms with Crippen molar-refractivity contribution >= 4 is 21.6 Å². The third kappa shape index (κ3) is 45.7. The van der Waals surface area contributed by atoms with Crippen LogP contribution in [0, 0.1) is 0 Å². The Morgan fingerprint density at radius 3 is 1.44 bits per heavy atom. The van der Waals surface area contributed by atoms with E-state index in [1.807, 2.05) is 30.3 Å². The van der Waals surface area contributed by atoms with Gasteiger partial charge in [0.2, 0.25) is 0 Å². The number of nitrogens with two attached hydrogens (primary N) is 1. The first kappa shape index (κ1) is 36.6. The maximum absolute atomic E-state index is 10.4. The van der Waals surface area contributed by atoms with Crippen molar-refractivity contribution < 1.29 is 107 Å². The van der Waals surface area contributed by atoms with Gasteiger partial charge in [0.25, 0.3) is 0 Å². The van der Waals surface area contributed by atoms with Crippen LogP contribution in [0.3, 0.4) is 0 Å². The van der Waals surface area contributed by atoms with Gasteiger partial charge in [-0.15, -0.1) is 0 Å². The van der Waals surface area contributed by atoms with Crippen LogP contribution in [0.2, 0.25) is 0 Å². The molecular weight excluding hydrogens is 540 g/mol. The fourth-order valence-electron chi connectivity index (χ4n) is 0.955. The normalized spacial score (nSPS) is 10.7. The van der Waals surface area contributed by atoms with Gasteiger partial charge in [0.05, 0.1) is 0 Å². The fourth-order valence-corrected chi connectivity index (χ4v) is 0.955. The minimum atomic E-state index is -5.39. The van der Waals surface area contributed by atoms with E-state index in [0.29, 0.717) is 6.42 Å². The number of carboxylic acids is 1. The standard InChI is InChI=1S/C9H11NO2.2H3O4P.3Zn/c10-8(9(11)12)6-7-4-2-1-3-5-7;2*1-5(2,3)4;;;/h1-5,8H,6,10H2,(H,11,12);2*(H3,1,2,3,4);;;/q;;;3*+2/p-6. The SMILES string of the molecule is NC(Cc1ccccc1)C(=O)O.O=P([O-])([O-])[O-].O=P([O-])([O-])[O-].[Zn+2].[Zn+2].[Zn+2]. The minimum absolute atomic E-state index is 0.